The smallest absolute Gasteiger partial charge is 0.287 e. The third-order valence-electron chi connectivity index (χ3n) is 5.63. The number of rotatable bonds is 7. The van der Waals surface area contributed by atoms with Crippen molar-refractivity contribution in [2.45, 2.75) is 21.6 Å². The maximum absolute atomic E-state index is 12.9. The number of aryl methyl sites for hydroxylation is 1. The third kappa shape index (κ3) is 6.53. The number of hydrogen-bond donors (Lipinski definition) is 5. The van der Waals surface area contributed by atoms with E-state index in [4.69, 9.17) is 4.55 Å². The molecule has 0 aliphatic heterocycles. The van der Waals surface area contributed by atoms with Gasteiger partial charge in [0.05, 0.1) is 21.2 Å². The van der Waals surface area contributed by atoms with Crippen LogP contribution in [0.5, 0.6) is 0 Å². The molecule has 0 spiro atoms. The van der Waals surface area contributed by atoms with E-state index in [1.165, 1.54) is 31.2 Å². The number of nitrogens with one attached hydrogen (secondary N) is 2. The molecule has 18 heteroatoms. The summed E-state index contributed by atoms with van der Waals surface area (Å²) >= 11 is 0. The molecular weight excluding hydrogens is 604 g/mol. The van der Waals surface area contributed by atoms with Crippen LogP contribution < -0.4 is 32.4 Å². The van der Waals surface area contributed by atoms with E-state index in [0.29, 0.717) is 17.3 Å². The highest BCUT2D eigenvalue weighted by Gasteiger charge is 2.20. The van der Waals surface area contributed by atoms with E-state index in [2.05, 4.69) is 21.1 Å². The van der Waals surface area contributed by atoms with Crippen LogP contribution >= 0.6 is 0 Å². The first kappa shape index (κ1) is 29.6. The summed E-state index contributed by atoms with van der Waals surface area (Å²) < 4.78 is 97.4. The van der Waals surface area contributed by atoms with Gasteiger partial charge in [-0.2, -0.15) is 35.5 Å². The second-order valence-corrected chi connectivity index (χ2v) is 12.7. The molecule has 0 unspecified atom stereocenters. The number of benzene rings is 4. The lowest BCUT2D eigenvalue weighted by Gasteiger charge is -2.09. The summed E-state index contributed by atoms with van der Waals surface area (Å²) in [7, 11) is -14.2. The van der Waals surface area contributed by atoms with Crippen LogP contribution in [-0.4, -0.2) is 38.9 Å². The Hall–Kier alpha value is -4.33. The molecule has 0 aliphatic carbocycles. The Labute approximate surface area is 231 Å². The van der Waals surface area contributed by atoms with Gasteiger partial charge in [0.2, 0.25) is 10.9 Å². The number of fused-ring (bicyclic) bond motifs is 1. The average molecular weight is 623 g/mol. The van der Waals surface area contributed by atoms with Crippen LogP contribution in [0.2, 0.25) is 0 Å². The van der Waals surface area contributed by atoms with Crippen molar-refractivity contribution in [2.24, 2.45) is 10.2 Å². The van der Waals surface area contributed by atoms with Crippen LogP contribution in [0, 0.1) is 6.92 Å². The standard InChI is InChI=1S/C23H18N4O11S3/c1-12-8-15(39(30,31)32)4-5-18(12)25-26-19-6-7-20(28)22(23(19)29)27-24-14-3-2-13-9-16(40(33,34)35)11-21(17(13)10-14)41(36,37)38/h2-11,24-25H,1H3,(H,30,31,32)(H,33,34,35)(H,36,37,38). The van der Waals surface area contributed by atoms with Crippen molar-refractivity contribution in [1.82, 2.24) is 0 Å². The molecule has 0 aromatic heterocycles. The first-order chi connectivity index (χ1) is 18.9. The molecule has 4 aromatic carbocycles. The van der Waals surface area contributed by atoms with Crippen LogP contribution in [0.25, 0.3) is 10.8 Å². The largest absolute Gasteiger partial charge is 0.295 e. The monoisotopic (exact) mass is 622 g/mol. The molecule has 0 saturated heterocycles. The first-order valence-electron chi connectivity index (χ1n) is 11.0. The molecule has 0 amide bonds. The molecule has 4 aromatic rings. The maximum atomic E-state index is 12.9. The van der Waals surface area contributed by atoms with Gasteiger partial charge in [0.1, 0.15) is 10.3 Å². The zero-order chi connectivity index (χ0) is 30.3. The fourth-order valence-corrected chi connectivity index (χ4v) is 5.54. The molecular formula is C23H18N4O11S3. The Morgan fingerprint density at radius 3 is 1.98 bits per heavy atom. The number of nitrogens with zero attached hydrogens (tertiary/aromatic N) is 2. The Kier molecular flexibility index (Phi) is 7.65. The van der Waals surface area contributed by atoms with Crippen molar-refractivity contribution < 1.29 is 38.9 Å². The molecule has 0 fully saturated rings. The van der Waals surface area contributed by atoms with E-state index in [1.54, 1.807) is 0 Å². The lowest BCUT2D eigenvalue weighted by molar-refractivity contribution is 0.479. The Balaban J connectivity index is 1.74. The van der Waals surface area contributed by atoms with E-state index in [-0.39, 0.29) is 26.7 Å². The van der Waals surface area contributed by atoms with Crippen molar-refractivity contribution in [3.8, 4) is 0 Å². The topological polar surface area (TPSA) is 246 Å². The average Bonchev–Trinajstić information content (AvgIpc) is 2.86. The molecule has 15 nitrogen and oxygen atoms in total. The molecule has 0 saturated carbocycles. The van der Waals surface area contributed by atoms with Crippen molar-refractivity contribution in [3.05, 3.63) is 97.4 Å². The van der Waals surface area contributed by atoms with Gasteiger partial charge in [-0.3, -0.25) is 34.1 Å². The van der Waals surface area contributed by atoms with Crippen LogP contribution in [-0.2, 0) is 30.4 Å². The number of anilines is 2. The second-order valence-electron chi connectivity index (χ2n) is 8.47. The van der Waals surface area contributed by atoms with E-state index in [9.17, 15) is 43.9 Å². The van der Waals surface area contributed by atoms with Gasteiger partial charge in [0.15, 0.2) is 5.36 Å². The zero-order valence-corrected chi connectivity index (χ0v) is 22.9. The lowest BCUT2D eigenvalue weighted by Crippen LogP contribution is -2.47. The van der Waals surface area contributed by atoms with Crippen molar-refractivity contribution in [1.29, 1.82) is 0 Å². The summed E-state index contributed by atoms with van der Waals surface area (Å²) in [5.41, 5.74) is 4.01. The third-order valence-corrected chi connectivity index (χ3v) is 8.20. The summed E-state index contributed by atoms with van der Waals surface area (Å²) in [6.45, 7) is 1.52. The molecule has 41 heavy (non-hydrogen) atoms. The first-order valence-corrected chi connectivity index (χ1v) is 15.3. The van der Waals surface area contributed by atoms with Gasteiger partial charge in [-0.05, 0) is 72.5 Å². The highest BCUT2D eigenvalue weighted by Crippen LogP contribution is 2.29. The van der Waals surface area contributed by atoms with Gasteiger partial charge in [-0.25, -0.2) is 0 Å². The van der Waals surface area contributed by atoms with E-state index in [1.807, 2.05) is 0 Å². The highest BCUT2D eigenvalue weighted by atomic mass is 32.2. The molecule has 5 N–H and O–H groups in total. The fourth-order valence-electron chi connectivity index (χ4n) is 3.63. The van der Waals surface area contributed by atoms with E-state index >= 15 is 0 Å². The van der Waals surface area contributed by atoms with Crippen LogP contribution in [0.15, 0.2) is 95.1 Å². The van der Waals surface area contributed by atoms with Crippen molar-refractivity contribution >= 4 is 52.5 Å². The van der Waals surface area contributed by atoms with Crippen molar-refractivity contribution in [2.75, 3.05) is 10.9 Å². The predicted molar refractivity (Wildman–Crippen MR) is 144 cm³/mol. The summed E-state index contributed by atoms with van der Waals surface area (Å²) in [5, 5.41) is 6.74. The lowest BCUT2D eigenvalue weighted by atomic mass is 10.1. The molecule has 4 rings (SSSR count). The summed E-state index contributed by atoms with van der Waals surface area (Å²) in [6.07, 6.45) is 0. The van der Waals surface area contributed by atoms with Gasteiger partial charge in [0, 0.05) is 5.39 Å². The fraction of sp³-hybridized carbons (Fsp3) is 0.0435. The predicted octanol–water partition coefficient (Wildman–Crippen LogP) is 0.340. The SMILES string of the molecule is Cc1cc(S(=O)(=O)O)ccc1NN=c1ccc(=O)c(=NNc2ccc3cc(S(=O)(=O)O)cc(S(=O)(=O)O)c3c2)c1=O. The second kappa shape index (κ2) is 10.6. The van der Waals surface area contributed by atoms with Gasteiger partial charge in [-0.1, -0.05) is 6.07 Å². The van der Waals surface area contributed by atoms with Crippen molar-refractivity contribution in [3.63, 3.8) is 0 Å². The molecule has 214 valence electrons. The number of hydrogen-bond acceptors (Lipinski definition) is 12. The van der Waals surface area contributed by atoms with Gasteiger partial charge in [-0.15, -0.1) is 0 Å². The maximum Gasteiger partial charge on any atom is 0.295 e. The summed E-state index contributed by atoms with van der Waals surface area (Å²) in [4.78, 5) is 23.3. The Bertz CT molecular complexity index is 2290. The Morgan fingerprint density at radius 1 is 0.683 bits per heavy atom. The van der Waals surface area contributed by atoms with Gasteiger partial charge >= 0.3 is 0 Å². The minimum Gasteiger partial charge on any atom is -0.287 e. The van der Waals surface area contributed by atoms with Crippen LogP contribution in [0.1, 0.15) is 5.56 Å². The molecule has 0 atom stereocenters. The molecule has 0 heterocycles. The minimum atomic E-state index is -4.95. The van der Waals surface area contributed by atoms with E-state index in [0.717, 1.165) is 30.3 Å². The van der Waals surface area contributed by atoms with Crippen LogP contribution in [0.3, 0.4) is 0 Å². The van der Waals surface area contributed by atoms with Gasteiger partial charge < -0.3 is 0 Å². The molecule has 0 aliphatic rings. The zero-order valence-electron chi connectivity index (χ0n) is 20.5. The molecule has 0 bridgehead atoms. The minimum absolute atomic E-state index is 0.0131. The summed E-state index contributed by atoms with van der Waals surface area (Å²) in [5.74, 6) is 0. The molecule has 0 radical (unpaired) electrons. The summed E-state index contributed by atoms with van der Waals surface area (Å²) in [6, 6.07) is 11.0. The Morgan fingerprint density at radius 2 is 1.37 bits per heavy atom. The van der Waals surface area contributed by atoms with E-state index < -0.39 is 56.4 Å². The van der Waals surface area contributed by atoms with Crippen LogP contribution in [0.4, 0.5) is 11.4 Å². The highest BCUT2D eigenvalue weighted by molar-refractivity contribution is 7.87. The van der Waals surface area contributed by atoms with Gasteiger partial charge in [0.25, 0.3) is 30.4 Å². The quantitative estimate of drug-likeness (QED) is 0.138. The normalized spacial score (nSPS) is 13.5.